The SMILES string of the molecule is Cc1cc2ccccc2[cH-]1.[F-].[F-].[Zr+3]. The molecule has 0 N–H and O–H groups in total. The third kappa shape index (κ3) is 3.07. The number of hydrogen-bond acceptors (Lipinski definition) is 0. The summed E-state index contributed by atoms with van der Waals surface area (Å²) >= 11 is 0. The zero-order chi connectivity index (χ0) is 6.97. The molecule has 0 fully saturated rings. The summed E-state index contributed by atoms with van der Waals surface area (Å²) in [5.41, 5.74) is 1.35. The molecule has 0 nitrogen and oxygen atoms in total. The molecular weight excluding hydrogens is 249 g/mol. The van der Waals surface area contributed by atoms with Crippen molar-refractivity contribution in [3.63, 3.8) is 0 Å². The van der Waals surface area contributed by atoms with Gasteiger partial charge in [-0.15, -0.1) is 40.6 Å². The summed E-state index contributed by atoms with van der Waals surface area (Å²) in [6, 6.07) is 12.8. The van der Waals surface area contributed by atoms with Gasteiger partial charge < -0.3 is 9.41 Å². The fraction of sp³-hybridized carbons (Fsp3) is 0.100. The van der Waals surface area contributed by atoms with Gasteiger partial charge in [-0.25, -0.2) is 0 Å². The van der Waals surface area contributed by atoms with Crippen LogP contribution in [0.3, 0.4) is 0 Å². The predicted molar refractivity (Wildman–Crippen MR) is 44.3 cm³/mol. The molecule has 0 unspecified atom stereocenters. The van der Waals surface area contributed by atoms with E-state index in [1.165, 1.54) is 16.3 Å². The Kier molecular flexibility index (Phi) is 7.06. The van der Waals surface area contributed by atoms with Crippen molar-refractivity contribution in [2.75, 3.05) is 0 Å². The van der Waals surface area contributed by atoms with Crippen LogP contribution in [0, 0.1) is 6.92 Å². The van der Waals surface area contributed by atoms with Crippen LogP contribution in [-0.4, -0.2) is 0 Å². The van der Waals surface area contributed by atoms with Gasteiger partial charge in [0.05, 0.1) is 0 Å². The van der Waals surface area contributed by atoms with E-state index in [0.29, 0.717) is 0 Å². The van der Waals surface area contributed by atoms with Crippen molar-refractivity contribution in [1.82, 2.24) is 0 Å². The molecule has 0 spiro atoms. The van der Waals surface area contributed by atoms with Crippen LogP contribution in [-0.2, 0) is 26.2 Å². The Balaban J connectivity index is 0. The molecule has 13 heavy (non-hydrogen) atoms. The van der Waals surface area contributed by atoms with Crippen LogP contribution < -0.4 is 9.41 Å². The molecule has 0 aromatic heterocycles. The average molecular weight is 258 g/mol. The average Bonchev–Trinajstić information content (AvgIpc) is 2.27. The van der Waals surface area contributed by atoms with Gasteiger partial charge in [0.2, 0.25) is 0 Å². The molecule has 0 saturated heterocycles. The van der Waals surface area contributed by atoms with Gasteiger partial charge in [0.25, 0.3) is 0 Å². The Labute approximate surface area is 95.2 Å². The zero-order valence-corrected chi connectivity index (χ0v) is 9.68. The molecule has 0 atom stereocenters. The minimum Gasteiger partial charge on any atom is -1.00 e. The van der Waals surface area contributed by atoms with Crippen LogP contribution in [0.25, 0.3) is 10.8 Å². The van der Waals surface area contributed by atoms with Crippen LogP contribution in [0.1, 0.15) is 5.56 Å². The molecule has 0 saturated carbocycles. The van der Waals surface area contributed by atoms with E-state index in [4.69, 9.17) is 0 Å². The number of aryl methyl sites for hydroxylation is 1. The third-order valence-corrected chi connectivity index (χ3v) is 1.76. The topological polar surface area (TPSA) is 0 Å². The van der Waals surface area contributed by atoms with Gasteiger partial charge in [0.15, 0.2) is 0 Å². The Hall–Kier alpha value is -0.427. The van der Waals surface area contributed by atoms with Crippen LogP contribution in [0.4, 0.5) is 0 Å². The molecule has 0 amide bonds. The Bertz CT molecular complexity index is 321. The molecule has 2 rings (SSSR count). The van der Waals surface area contributed by atoms with E-state index in [9.17, 15) is 0 Å². The van der Waals surface area contributed by atoms with Crippen molar-refractivity contribution in [3.05, 3.63) is 42.0 Å². The predicted octanol–water partition coefficient (Wildman–Crippen LogP) is -3.13. The summed E-state index contributed by atoms with van der Waals surface area (Å²) in [7, 11) is 0. The molecule has 0 heterocycles. The Morgan fingerprint density at radius 2 is 1.69 bits per heavy atom. The maximum absolute atomic E-state index is 2.20. The van der Waals surface area contributed by atoms with Crippen LogP contribution in [0.15, 0.2) is 36.4 Å². The summed E-state index contributed by atoms with van der Waals surface area (Å²) < 4.78 is 0. The molecule has 0 bridgehead atoms. The van der Waals surface area contributed by atoms with Crippen molar-refractivity contribution in [3.8, 4) is 0 Å². The third-order valence-electron chi connectivity index (χ3n) is 1.76. The Morgan fingerprint density at radius 1 is 1.08 bits per heavy atom. The molecule has 67 valence electrons. The van der Waals surface area contributed by atoms with Crippen molar-refractivity contribution in [2.45, 2.75) is 6.92 Å². The first-order valence-corrected chi connectivity index (χ1v) is 3.48. The van der Waals surface area contributed by atoms with Gasteiger partial charge in [-0.1, -0.05) is 13.0 Å². The number of benzene rings is 1. The summed E-state index contributed by atoms with van der Waals surface area (Å²) in [6.07, 6.45) is 0. The molecule has 0 aliphatic heterocycles. The van der Waals surface area contributed by atoms with Gasteiger partial charge in [0.1, 0.15) is 0 Å². The van der Waals surface area contributed by atoms with E-state index < -0.39 is 0 Å². The molecule has 0 aliphatic carbocycles. The van der Waals surface area contributed by atoms with Gasteiger partial charge >= 0.3 is 26.2 Å². The number of fused-ring (bicyclic) bond motifs is 1. The largest absolute Gasteiger partial charge is 3.00 e. The fourth-order valence-corrected chi connectivity index (χ4v) is 1.31. The van der Waals surface area contributed by atoms with E-state index in [1.807, 2.05) is 0 Å². The first-order valence-electron chi connectivity index (χ1n) is 3.48. The zero-order valence-electron chi connectivity index (χ0n) is 7.22. The second-order valence-electron chi connectivity index (χ2n) is 2.66. The van der Waals surface area contributed by atoms with E-state index in [1.54, 1.807) is 0 Å². The number of hydrogen-bond donors (Lipinski definition) is 0. The van der Waals surface area contributed by atoms with E-state index in [0.717, 1.165) is 0 Å². The van der Waals surface area contributed by atoms with Gasteiger partial charge in [0, 0.05) is 0 Å². The molecule has 1 radical (unpaired) electrons. The first-order chi connectivity index (χ1) is 4.86. The van der Waals surface area contributed by atoms with Gasteiger partial charge in [-0.05, 0) is 0 Å². The second kappa shape index (κ2) is 6.09. The smallest absolute Gasteiger partial charge is 1.00 e. The first kappa shape index (κ1) is 15.1. The molecule has 2 aromatic rings. The van der Waals surface area contributed by atoms with E-state index in [-0.39, 0.29) is 35.6 Å². The molecule has 2 aromatic carbocycles. The monoisotopic (exact) mass is 257 g/mol. The van der Waals surface area contributed by atoms with Crippen LogP contribution in [0.5, 0.6) is 0 Å². The number of halogens is 2. The number of rotatable bonds is 0. The quantitative estimate of drug-likeness (QED) is 0.439. The maximum atomic E-state index is 2.20. The summed E-state index contributed by atoms with van der Waals surface area (Å²) in [5, 5.41) is 2.69. The molecular formula is C10H9F2Zr. The van der Waals surface area contributed by atoms with Crippen molar-refractivity contribution in [2.24, 2.45) is 0 Å². The van der Waals surface area contributed by atoms with Gasteiger partial charge in [-0.3, -0.25) is 0 Å². The van der Waals surface area contributed by atoms with Crippen LogP contribution in [0.2, 0.25) is 0 Å². The molecule has 0 aliphatic rings. The van der Waals surface area contributed by atoms with E-state index in [2.05, 4.69) is 43.3 Å². The summed E-state index contributed by atoms with van der Waals surface area (Å²) in [5.74, 6) is 0. The minimum absolute atomic E-state index is 0. The van der Waals surface area contributed by atoms with E-state index >= 15 is 0 Å². The van der Waals surface area contributed by atoms with Crippen LogP contribution >= 0.6 is 0 Å². The minimum atomic E-state index is 0. The van der Waals surface area contributed by atoms with Crippen molar-refractivity contribution in [1.29, 1.82) is 0 Å². The maximum Gasteiger partial charge on any atom is 3.00 e. The fourth-order valence-electron chi connectivity index (χ4n) is 1.31. The summed E-state index contributed by atoms with van der Waals surface area (Å²) in [6.45, 7) is 2.12. The second-order valence-corrected chi connectivity index (χ2v) is 2.66. The Morgan fingerprint density at radius 3 is 2.31 bits per heavy atom. The normalized spacial score (nSPS) is 8.08. The van der Waals surface area contributed by atoms with Crippen molar-refractivity contribution >= 4 is 10.8 Å². The van der Waals surface area contributed by atoms with Crippen molar-refractivity contribution < 1.29 is 35.6 Å². The molecule has 3 heteroatoms. The van der Waals surface area contributed by atoms with Gasteiger partial charge in [-0.2, -0.15) is 6.07 Å². The standard InChI is InChI=1S/C10H9.2FH.Zr/c1-8-6-9-4-2-3-5-10(9)7-8;;;/h2-7H,1H3;2*1H;/q-1;;;+3/p-2. The summed E-state index contributed by atoms with van der Waals surface area (Å²) in [4.78, 5) is 0.